The van der Waals surface area contributed by atoms with Gasteiger partial charge in [-0.2, -0.15) is 0 Å². The van der Waals surface area contributed by atoms with Crippen molar-refractivity contribution in [2.45, 2.75) is 56.2 Å². The van der Waals surface area contributed by atoms with Gasteiger partial charge in [0.25, 0.3) is 0 Å². The van der Waals surface area contributed by atoms with Crippen LogP contribution in [0.1, 0.15) is 38.5 Å². The van der Waals surface area contributed by atoms with Crippen LogP contribution in [0.2, 0.25) is 0 Å². The van der Waals surface area contributed by atoms with Gasteiger partial charge in [0.2, 0.25) is 0 Å². The summed E-state index contributed by atoms with van der Waals surface area (Å²) in [5, 5.41) is 0. The van der Waals surface area contributed by atoms with E-state index in [1.807, 2.05) is 0 Å². The summed E-state index contributed by atoms with van der Waals surface area (Å²) in [6.07, 6.45) is 7.41. The average molecular weight is 280 g/mol. The second-order valence-corrected chi connectivity index (χ2v) is 7.45. The van der Waals surface area contributed by atoms with E-state index in [1.165, 1.54) is 45.2 Å². The van der Waals surface area contributed by atoms with E-state index in [9.17, 15) is 0 Å². The molecule has 0 bridgehead atoms. The fraction of sp³-hybridized carbons (Fsp3) is 1.00. The lowest BCUT2D eigenvalue weighted by molar-refractivity contribution is -0.104. The highest BCUT2D eigenvalue weighted by Crippen LogP contribution is 2.40. The third kappa shape index (κ3) is 2.31. The molecule has 4 nitrogen and oxygen atoms in total. The van der Waals surface area contributed by atoms with E-state index >= 15 is 0 Å². The molecule has 4 heteroatoms. The summed E-state index contributed by atoms with van der Waals surface area (Å²) in [7, 11) is 0. The van der Waals surface area contributed by atoms with Gasteiger partial charge in [-0.05, 0) is 37.5 Å². The zero-order valence-electron chi connectivity index (χ0n) is 12.4. The molecule has 5 atom stereocenters. The van der Waals surface area contributed by atoms with Gasteiger partial charge in [-0.15, -0.1) is 0 Å². The van der Waals surface area contributed by atoms with Crippen molar-refractivity contribution < 1.29 is 9.47 Å². The first-order valence-electron chi connectivity index (χ1n) is 8.47. The molecule has 0 aromatic rings. The Bertz CT molecular complexity index is 356. The summed E-state index contributed by atoms with van der Waals surface area (Å²) >= 11 is 0. The molecule has 3 heterocycles. The molecule has 1 spiro atoms. The maximum atomic E-state index is 6.36. The van der Waals surface area contributed by atoms with Crippen LogP contribution < -0.4 is 5.73 Å². The van der Waals surface area contributed by atoms with E-state index in [1.54, 1.807) is 0 Å². The summed E-state index contributed by atoms with van der Waals surface area (Å²) < 4.78 is 11.7. The van der Waals surface area contributed by atoms with Gasteiger partial charge in [-0.25, -0.2) is 0 Å². The van der Waals surface area contributed by atoms with Gasteiger partial charge in [0.15, 0.2) is 0 Å². The molecule has 0 aromatic heterocycles. The van der Waals surface area contributed by atoms with Crippen molar-refractivity contribution >= 4 is 0 Å². The maximum Gasteiger partial charge on any atom is 0.0951 e. The number of nitrogens with zero attached hydrogens (tertiary/aromatic N) is 1. The minimum Gasteiger partial charge on any atom is -0.378 e. The summed E-state index contributed by atoms with van der Waals surface area (Å²) in [5.74, 6) is 1.61. The summed E-state index contributed by atoms with van der Waals surface area (Å²) in [4.78, 5) is 2.74. The Labute approximate surface area is 122 Å². The highest BCUT2D eigenvalue weighted by Gasteiger charge is 2.46. The zero-order valence-corrected chi connectivity index (χ0v) is 12.4. The fourth-order valence-corrected chi connectivity index (χ4v) is 5.03. The van der Waals surface area contributed by atoms with Crippen LogP contribution in [0.4, 0.5) is 0 Å². The number of likely N-dealkylation sites (tertiary alicyclic amines) is 1. The maximum absolute atomic E-state index is 6.36. The molecular weight excluding hydrogens is 252 g/mol. The number of hydrogen-bond donors (Lipinski definition) is 1. The predicted octanol–water partition coefficient (Wildman–Crippen LogP) is 1.38. The molecule has 3 aliphatic heterocycles. The lowest BCUT2D eigenvalue weighted by atomic mass is 9.78. The summed E-state index contributed by atoms with van der Waals surface area (Å²) in [5.41, 5.74) is 6.40. The van der Waals surface area contributed by atoms with Gasteiger partial charge in [0.05, 0.1) is 12.2 Å². The number of nitrogens with two attached hydrogens (primary N) is 1. The Morgan fingerprint density at radius 2 is 2.05 bits per heavy atom. The number of fused-ring (bicyclic) bond motifs is 1. The van der Waals surface area contributed by atoms with Gasteiger partial charge in [0, 0.05) is 44.8 Å². The van der Waals surface area contributed by atoms with Crippen LogP contribution in [0, 0.1) is 11.8 Å². The monoisotopic (exact) mass is 280 g/mol. The van der Waals surface area contributed by atoms with Crippen molar-refractivity contribution in [1.29, 1.82) is 0 Å². The smallest absolute Gasteiger partial charge is 0.0951 e. The minimum atomic E-state index is 0.0405. The second kappa shape index (κ2) is 5.24. The lowest BCUT2D eigenvalue weighted by Crippen LogP contribution is -2.49. The van der Waals surface area contributed by atoms with Crippen molar-refractivity contribution in [2.24, 2.45) is 17.6 Å². The van der Waals surface area contributed by atoms with Crippen LogP contribution in [-0.4, -0.2) is 55.5 Å². The highest BCUT2D eigenvalue weighted by atomic mass is 16.6. The van der Waals surface area contributed by atoms with Crippen LogP contribution in [0.3, 0.4) is 0 Å². The number of hydrogen-bond acceptors (Lipinski definition) is 4. The quantitative estimate of drug-likeness (QED) is 0.788. The molecule has 1 saturated carbocycles. The third-order valence-electron chi connectivity index (χ3n) is 6.23. The molecule has 2 N–H and O–H groups in total. The van der Waals surface area contributed by atoms with Crippen molar-refractivity contribution in [3.05, 3.63) is 0 Å². The normalized spacial score (nSPS) is 49.6. The van der Waals surface area contributed by atoms with Crippen LogP contribution >= 0.6 is 0 Å². The number of ether oxygens (including phenoxy) is 2. The van der Waals surface area contributed by atoms with E-state index in [0.717, 1.165) is 38.1 Å². The molecule has 0 aromatic carbocycles. The molecule has 0 amide bonds. The van der Waals surface area contributed by atoms with Crippen LogP contribution in [0.15, 0.2) is 0 Å². The average Bonchev–Trinajstić information content (AvgIpc) is 3.07. The number of rotatable bonds is 1. The SMILES string of the molecule is NC1CCCC2CN(C3CCOC4(CCOC4)C3)CC12. The van der Waals surface area contributed by atoms with Gasteiger partial charge in [-0.1, -0.05) is 6.42 Å². The second-order valence-electron chi connectivity index (χ2n) is 7.45. The standard InChI is InChI=1S/C16H28N2O2/c17-15-3-1-2-12-9-18(10-14(12)15)13-4-6-20-16(8-13)5-7-19-11-16/h12-15H,1-11,17H2. The summed E-state index contributed by atoms with van der Waals surface area (Å²) in [6, 6.07) is 1.14. The fourth-order valence-electron chi connectivity index (χ4n) is 5.03. The van der Waals surface area contributed by atoms with E-state index < -0.39 is 0 Å². The minimum absolute atomic E-state index is 0.0405. The van der Waals surface area contributed by atoms with Gasteiger partial charge < -0.3 is 15.2 Å². The first-order valence-corrected chi connectivity index (χ1v) is 8.47. The van der Waals surface area contributed by atoms with Crippen molar-refractivity contribution in [3.8, 4) is 0 Å². The molecule has 20 heavy (non-hydrogen) atoms. The molecule has 4 aliphatic rings. The zero-order chi connectivity index (χ0) is 13.6. The molecule has 4 fully saturated rings. The Morgan fingerprint density at radius 1 is 1.10 bits per heavy atom. The van der Waals surface area contributed by atoms with Crippen LogP contribution in [0.25, 0.3) is 0 Å². The van der Waals surface area contributed by atoms with E-state index in [0.29, 0.717) is 12.1 Å². The van der Waals surface area contributed by atoms with Crippen molar-refractivity contribution in [1.82, 2.24) is 4.90 Å². The Morgan fingerprint density at radius 3 is 2.85 bits per heavy atom. The first kappa shape index (κ1) is 13.5. The molecule has 114 valence electrons. The van der Waals surface area contributed by atoms with Gasteiger partial charge in [-0.3, -0.25) is 4.90 Å². The molecule has 5 unspecified atom stereocenters. The molecule has 0 radical (unpaired) electrons. The van der Waals surface area contributed by atoms with E-state index in [2.05, 4.69) is 4.90 Å². The van der Waals surface area contributed by atoms with Crippen LogP contribution in [0.5, 0.6) is 0 Å². The first-order chi connectivity index (χ1) is 9.76. The van der Waals surface area contributed by atoms with Gasteiger partial charge >= 0.3 is 0 Å². The van der Waals surface area contributed by atoms with Gasteiger partial charge in [0.1, 0.15) is 0 Å². The molecular formula is C16H28N2O2. The van der Waals surface area contributed by atoms with E-state index in [4.69, 9.17) is 15.2 Å². The predicted molar refractivity (Wildman–Crippen MR) is 77.5 cm³/mol. The molecule has 1 aliphatic carbocycles. The molecule has 3 saturated heterocycles. The van der Waals surface area contributed by atoms with Crippen molar-refractivity contribution in [3.63, 3.8) is 0 Å². The van der Waals surface area contributed by atoms with Crippen molar-refractivity contribution in [2.75, 3.05) is 32.9 Å². The topological polar surface area (TPSA) is 47.7 Å². The summed E-state index contributed by atoms with van der Waals surface area (Å²) in [6.45, 7) is 5.10. The Kier molecular flexibility index (Phi) is 3.53. The lowest BCUT2D eigenvalue weighted by Gasteiger charge is -2.41. The third-order valence-corrected chi connectivity index (χ3v) is 6.23. The van der Waals surface area contributed by atoms with E-state index in [-0.39, 0.29) is 5.60 Å². The highest BCUT2D eigenvalue weighted by molar-refractivity contribution is 4.99. The van der Waals surface area contributed by atoms with Crippen LogP contribution in [-0.2, 0) is 9.47 Å². The largest absolute Gasteiger partial charge is 0.378 e. The molecule has 4 rings (SSSR count). The Hall–Kier alpha value is -0.160. The Balaban J connectivity index is 1.43.